The molecule has 0 aliphatic carbocycles. The van der Waals surface area contributed by atoms with E-state index in [0.29, 0.717) is 6.04 Å². The van der Waals surface area contributed by atoms with Crippen molar-refractivity contribution in [3.63, 3.8) is 0 Å². The molecule has 0 amide bonds. The molecule has 0 aromatic heterocycles. The molecule has 1 heterocycles. The van der Waals surface area contributed by atoms with Crippen LogP contribution in [0.2, 0.25) is 0 Å². The highest BCUT2D eigenvalue weighted by atomic mass is 19.1. The largest absolute Gasteiger partial charge is 0.323 e. The van der Waals surface area contributed by atoms with Crippen molar-refractivity contribution in [1.29, 1.82) is 0 Å². The number of hydrogen-bond donors (Lipinski definition) is 1. The first kappa shape index (κ1) is 13.5. The Morgan fingerprint density at radius 1 is 1.28 bits per heavy atom. The van der Waals surface area contributed by atoms with Gasteiger partial charge in [-0.05, 0) is 44.0 Å². The Morgan fingerprint density at radius 2 is 2.00 bits per heavy atom. The normalized spacial score (nSPS) is 23.6. The molecular weight excluding hydrogens is 227 g/mol. The molecule has 1 aliphatic rings. The van der Waals surface area contributed by atoms with E-state index in [-0.39, 0.29) is 11.9 Å². The quantitative estimate of drug-likeness (QED) is 0.893. The van der Waals surface area contributed by atoms with Crippen molar-refractivity contribution in [3.8, 4) is 0 Å². The van der Waals surface area contributed by atoms with E-state index in [9.17, 15) is 4.39 Å². The highest BCUT2D eigenvalue weighted by Gasteiger charge is 2.19. The van der Waals surface area contributed by atoms with Crippen molar-refractivity contribution in [3.05, 3.63) is 35.6 Å². The molecule has 2 rings (SSSR count). The van der Waals surface area contributed by atoms with E-state index in [1.54, 1.807) is 12.1 Å². The summed E-state index contributed by atoms with van der Waals surface area (Å²) >= 11 is 0. The van der Waals surface area contributed by atoms with Crippen molar-refractivity contribution in [1.82, 2.24) is 4.90 Å². The number of nitrogens with two attached hydrogens (primary N) is 1. The van der Waals surface area contributed by atoms with Crippen LogP contribution in [-0.2, 0) is 0 Å². The Labute approximate surface area is 109 Å². The van der Waals surface area contributed by atoms with Gasteiger partial charge in [0.05, 0.1) is 0 Å². The maximum atomic E-state index is 12.9. The predicted octanol–water partition coefficient (Wildman–Crippen LogP) is 3.09. The van der Waals surface area contributed by atoms with Crippen molar-refractivity contribution in [2.45, 2.75) is 44.7 Å². The molecule has 2 unspecified atom stereocenters. The average molecular weight is 250 g/mol. The Kier molecular flexibility index (Phi) is 4.72. The third-order valence-electron chi connectivity index (χ3n) is 3.92. The van der Waals surface area contributed by atoms with Gasteiger partial charge in [-0.2, -0.15) is 0 Å². The van der Waals surface area contributed by atoms with Crippen LogP contribution in [0.1, 0.15) is 44.2 Å². The SMILES string of the molecule is CC1CCCCCN1CC(N)c1ccc(F)cc1. The van der Waals surface area contributed by atoms with Gasteiger partial charge in [0.25, 0.3) is 0 Å². The summed E-state index contributed by atoms with van der Waals surface area (Å²) in [5, 5.41) is 0. The van der Waals surface area contributed by atoms with E-state index in [1.807, 2.05) is 0 Å². The van der Waals surface area contributed by atoms with Gasteiger partial charge in [0.2, 0.25) is 0 Å². The van der Waals surface area contributed by atoms with Crippen LogP contribution in [0.4, 0.5) is 4.39 Å². The van der Waals surface area contributed by atoms with Gasteiger partial charge in [-0.25, -0.2) is 4.39 Å². The smallest absolute Gasteiger partial charge is 0.123 e. The van der Waals surface area contributed by atoms with Crippen LogP contribution in [0.15, 0.2) is 24.3 Å². The number of likely N-dealkylation sites (tertiary alicyclic amines) is 1. The van der Waals surface area contributed by atoms with Gasteiger partial charge >= 0.3 is 0 Å². The second-order valence-electron chi connectivity index (χ2n) is 5.35. The molecule has 0 bridgehead atoms. The zero-order chi connectivity index (χ0) is 13.0. The van der Waals surface area contributed by atoms with Crippen LogP contribution in [0.25, 0.3) is 0 Å². The van der Waals surface area contributed by atoms with Crippen LogP contribution < -0.4 is 5.73 Å². The van der Waals surface area contributed by atoms with Crippen LogP contribution in [0, 0.1) is 5.82 Å². The molecule has 100 valence electrons. The Balaban J connectivity index is 1.97. The molecule has 0 spiro atoms. The third-order valence-corrected chi connectivity index (χ3v) is 3.92. The van der Waals surface area contributed by atoms with Gasteiger partial charge in [-0.3, -0.25) is 4.90 Å². The first-order chi connectivity index (χ1) is 8.66. The zero-order valence-corrected chi connectivity index (χ0v) is 11.1. The molecule has 0 saturated carbocycles. The lowest BCUT2D eigenvalue weighted by Crippen LogP contribution is -2.38. The molecule has 18 heavy (non-hydrogen) atoms. The summed E-state index contributed by atoms with van der Waals surface area (Å²) in [6, 6.07) is 7.15. The van der Waals surface area contributed by atoms with Gasteiger partial charge in [0.1, 0.15) is 5.82 Å². The molecule has 2 nitrogen and oxygen atoms in total. The Bertz CT molecular complexity index is 363. The van der Waals surface area contributed by atoms with Crippen LogP contribution in [0.5, 0.6) is 0 Å². The summed E-state index contributed by atoms with van der Waals surface area (Å²) in [4.78, 5) is 2.47. The molecule has 1 aromatic carbocycles. The fraction of sp³-hybridized carbons (Fsp3) is 0.600. The summed E-state index contributed by atoms with van der Waals surface area (Å²) in [6.07, 6.45) is 5.17. The van der Waals surface area contributed by atoms with Gasteiger partial charge < -0.3 is 5.73 Å². The lowest BCUT2D eigenvalue weighted by molar-refractivity contribution is 0.201. The topological polar surface area (TPSA) is 29.3 Å². The summed E-state index contributed by atoms with van der Waals surface area (Å²) in [5.41, 5.74) is 7.25. The highest BCUT2D eigenvalue weighted by molar-refractivity contribution is 5.19. The Hall–Kier alpha value is -0.930. The maximum absolute atomic E-state index is 12.9. The first-order valence-electron chi connectivity index (χ1n) is 6.92. The van der Waals surface area contributed by atoms with Gasteiger partial charge in [0.15, 0.2) is 0 Å². The molecule has 0 radical (unpaired) electrons. The lowest BCUT2D eigenvalue weighted by Gasteiger charge is -2.29. The molecule has 2 atom stereocenters. The van der Waals surface area contributed by atoms with E-state index in [2.05, 4.69) is 11.8 Å². The average Bonchev–Trinajstić information content (AvgIpc) is 2.56. The monoisotopic (exact) mass is 250 g/mol. The number of rotatable bonds is 3. The molecule has 1 aromatic rings. The second-order valence-corrected chi connectivity index (χ2v) is 5.35. The number of nitrogens with zero attached hydrogens (tertiary/aromatic N) is 1. The first-order valence-corrected chi connectivity index (χ1v) is 6.92. The summed E-state index contributed by atoms with van der Waals surface area (Å²) in [6.45, 7) is 4.28. The van der Waals surface area contributed by atoms with Gasteiger partial charge in [-0.15, -0.1) is 0 Å². The number of halogens is 1. The molecular formula is C15H23FN2. The van der Waals surface area contributed by atoms with E-state index in [4.69, 9.17) is 5.73 Å². The zero-order valence-electron chi connectivity index (χ0n) is 11.1. The standard InChI is InChI=1S/C15H23FN2/c1-12-5-3-2-4-10-18(12)11-15(17)13-6-8-14(16)9-7-13/h6-9,12,15H,2-5,10-11,17H2,1H3. The summed E-state index contributed by atoms with van der Waals surface area (Å²) in [5.74, 6) is -0.200. The Morgan fingerprint density at radius 3 is 2.72 bits per heavy atom. The minimum Gasteiger partial charge on any atom is -0.323 e. The van der Waals surface area contributed by atoms with E-state index < -0.39 is 0 Å². The van der Waals surface area contributed by atoms with Crippen LogP contribution in [0.3, 0.4) is 0 Å². The van der Waals surface area contributed by atoms with Gasteiger partial charge in [-0.1, -0.05) is 25.0 Å². The van der Waals surface area contributed by atoms with E-state index in [1.165, 1.54) is 37.8 Å². The van der Waals surface area contributed by atoms with Crippen molar-refractivity contribution < 1.29 is 4.39 Å². The molecule has 2 N–H and O–H groups in total. The molecule has 3 heteroatoms. The van der Waals surface area contributed by atoms with E-state index in [0.717, 1.165) is 18.7 Å². The minimum absolute atomic E-state index is 0.0221. The van der Waals surface area contributed by atoms with Crippen molar-refractivity contribution in [2.75, 3.05) is 13.1 Å². The second kappa shape index (κ2) is 6.30. The molecule has 1 saturated heterocycles. The fourth-order valence-electron chi connectivity index (χ4n) is 2.67. The van der Waals surface area contributed by atoms with Crippen molar-refractivity contribution in [2.24, 2.45) is 5.73 Å². The van der Waals surface area contributed by atoms with Gasteiger partial charge in [0, 0.05) is 18.6 Å². The van der Waals surface area contributed by atoms with E-state index >= 15 is 0 Å². The number of benzene rings is 1. The summed E-state index contributed by atoms with van der Waals surface area (Å²) < 4.78 is 12.9. The fourth-order valence-corrected chi connectivity index (χ4v) is 2.67. The number of hydrogen-bond acceptors (Lipinski definition) is 2. The van der Waals surface area contributed by atoms with Crippen molar-refractivity contribution >= 4 is 0 Å². The highest BCUT2D eigenvalue weighted by Crippen LogP contribution is 2.20. The molecule has 1 fully saturated rings. The van der Waals surface area contributed by atoms with Crippen LogP contribution >= 0.6 is 0 Å². The van der Waals surface area contributed by atoms with Crippen LogP contribution in [-0.4, -0.2) is 24.0 Å². The predicted molar refractivity (Wildman–Crippen MR) is 72.8 cm³/mol. The molecule has 1 aliphatic heterocycles. The lowest BCUT2D eigenvalue weighted by atomic mass is 10.1. The maximum Gasteiger partial charge on any atom is 0.123 e. The summed E-state index contributed by atoms with van der Waals surface area (Å²) in [7, 11) is 0. The minimum atomic E-state index is -0.200. The third kappa shape index (κ3) is 3.53.